The third-order valence-corrected chi connectivity index (χ3v) is 6.44. The summed E-state index contributed by atoms with van der Waals surface area (Å²) in [4.78, 5) is 0.280. The van der Waals surface area contributed by atoms with Crippen molar-refractivity contribution in [2.75, 3.05) is 6.54 Å². The number of benzene rings is 1. The number of rotatable bonds is 6. The highest BCUT2D eigenvalue weighted by atomic mass is 32.2. The van der Waals surface area contributed by atoms with Gasteiger partial charge in [0, 0.05) is 6.54 Å². The van der Waals surface area contributed by atoms with E-state index in [4.69, 9.17) is 0 Å². The van der Waals surface area contributed by atoms with Crippen LogP contribution in [0.5, 0.6) is 0 Å². The summed E-state index contributed by atoms with van der Waals surface area (Å²) in [6.45, 7) is 6.15. The van der Waals surface area contributed by atoms with Crippen LogP contribution in [-0.2, 0) is 16.6 Å². The van der Waals surface area contributed by atoms with Crippen LogP contribution in [0.2, 0.25) is 0 Å². The fraction of sp³-hybridized carbons (Fsp3) is 0.625. The Morgan fingerprint density at radius 3 is 2.38 bits per heavy atom. The highest BCUT2D eigenvalue weighted by molar-refractivity contribution is 7.89. The van der Waals surface area contributed by atoms with E-state index in [0.717, 1.165) is 30.4 Å². The SMILES string of the molecule is CCC1(CNS(=O)(=O)c2cc(CO)c(C)cc2C)CCC1. The molecule has 4 nitrogen and oxygen atoms in total. The Kier molecular flexibility index (Phi) is 4.76. The summed E-state index contributed by atoms with van der Waals surface area (Å²) in [6, 6.07) is 3.41. The van der Waals surface area contributed by atoms with Gasteiger partial charge in [-0.15, -0.1) is 0 Å². The van der Waals surface area contributed by atoms with Gasteiger partial charge in [0.25, 0.3) is 0 Å². The van der Waals surface area contributed by atoms with Crippen LogP contribution in [0, 0.1) is 19.3 Å². The van der Waals surface area contributed by atoms with Gasteiger partial charge < -0.3 is 5.11 Å². The number of aryl methyl sites for hydroxylation is 2. The highest BCUT2D eigenvalue weighted by Gasteiger charge is 2.36. The van der Waals surface area contributed by atoms with E-state index in [1.165, 1.54) is 6.42 Å². The fourth-order valence-corrected chi connectivity index (χ4v) is 4.42. The third-order valence-electron chi connectivity index (χ3n) is 4.89. The topological polar surface area (TPSA) is 66.4 Å². The first-order valence-corrected chi connectivity index (χ1v) is 9.02. The minimum Gasteiger partial charge on any atom is -0.392 e. The molecule has 1 aliphatic rings. The summed E-state index contributed by atoms with van der Waals surface area (Å²) < 4.78 is 27.9. The van der Waals surface area contributed by atoms with E-state index < -0.39 is 10.0 Å². The number of hydrogen-bond acceptors (Lipinski definition) is 3. The Morgan fingerprint density at radius 1 is 1.24 bits per heavy atom. The molecule has 0 spiro atoms. The summed E-state index contributed by atoms with van der Waals surface area (Å²) in [5.41, 5.74) is 2.44. The van der Waals surface area contributed by atoms with E-state index in [1.54, 1.807) is 13.0 Å². The van der Waals surface area contributed by atoms with Gasteiger partial charge in [-0.2, -0.15) is 0 Å². The van der Waals surface area contributed by atoms with Gasteiger partial charge in [-0.3, -0.25) is 0 Å². The number of aliphatic hydroxyl groups is 1. The molecular formula is C16H25NO3S. The lowest BCUT2D eigenvalue weighted by atomic mass is 9.67. The Labute approximate surface area is 127 Å². The van der Waals surface area contributed by atoms with Crippen LogP contribution in [0.25, 0.3) is 0 Å². The van der Waals surface area contributed by atoms with Crippen LogP contribution in [-0.4, -0.2) is 20.1 Å². The molecule has 1 aromatic rings. The van der Waals surface area contributed by atoms with E-state index in [-0.39, 0.29) is 16.9 Å². The molecule has 1 aliphatic carbocycles. The molecule has 0 atom stereocenters. The fourth-order valence-electron chi connectivity index (χ4n) is 2.99. The number of hydrogen-bond donors (Lipinski definition) is 2. The van der Waals surface area contributed by atoms with Gasteiger partial charge in [0.15, 0.2) is 0 Å². The Bertz CT molecular complexity index is 613. The van der Waals surface area contributed by atoms with Gasteiger partial charge in [0.1, 0.15) is 0 Å². The van der Waals surface area contributed by atoms with Crippen molar-refractivity contribution in [2.24, 2.45) is 5.41 Å². The second-order valence-corrected chi connectivity index (χ2v) is 7.97. The lowest BCUT2D eigenvalue weighted by molar-refractivity contribution is 0.133. The van der Waals surface area contributed by atoms with Crippen LogP contribution >= 0.6 is 0 Å². The molecule has 1 fully saturated rings. The maximum Gasteiger partial charge on any atom is 0.240 e. The van der Waals surface area contributed by atoms with Crippen molar-refractivity contribution in [3.63, 3.8) is 0 Å². The minimum atomic E-state index is -3.52. The highest BCUT2D eigenvalue weighted by Crippen LogP contribution is 2.43. The quantitative estimate of drug-likeness (QED) is 0.849. The van der Waals surface area contributed by atoms with E-state index in [1.807, 2.05) is 13.0 Å². The molecule has 1 saturated carbocycles. The van der Waals surface area contributed by atoms with Crippen LogP contribution in [0.3, 0.4) is 0 Å². The zero-order valence-electron chi connectivity index (χ0n) is 13.1. The van der Waals surface area contributed by atoms with Crippen molar-refractivity contribution in [2.45, 2.75) is 58.0 Å². The molecule has 0 heterocycles. The summed E-state index contributed by atoms with van der Waals surface area (Å²) in [5, 5.41) is 9.33. The first-order valence-electron chi connectivity index (χ1n) is 7.54. The summed E-state index contributed by atoms with van der Waals surface area (Å²) in [7, 11) is -3.52. The predicted molar refractivity (Wildman–Crippen MR) is 83.6 cm³/mol. The molecule has 1 aromatic carbocycles. The molecule has 0 aliphatic heterocycles. The van der Waals surface area contributed by atoms with Crippen molar-refractivity contribution in [3.05, 3.63) is 28.8 Å². The van der Waals surface area contributed by atoms with Crippen molar-refractivity contribution < 1.29 is 13.5 Å². The lowest BCUT2D eigenvalue weighted by Gasteiger charge is -2.41. The van der Waals surface area contributed by atoms with Crippen molar-refractivity contribution in [3.8, 4) is 0 Å². The van der Waals surface area contributed by atoms with E-state index in [2.05, 4.69) is 11.6 Å². The van der Waals surface area contributed by atoms with Crippen LogP contribution in [0.4, 0.5) is 0 Å². The minimum absolute atomic E-state index is 0.144. The standard InChI is InChI=1S/C16H25NO3S/c1-4-16(6-5-7-16)11-17-21(19,20)15-9-14(10-18)12(2)8-13(15)3/h8-9,17-18H,4-7,10-11H2,1-3H3. The van der Waals surface area contributed by atoms with E-state index in [0.29, 0.717) is 12.1 Å². The van der Waals surface area contributed by atoms with Crippen LogP contribution < -0.4 is 4.72 Å². The van der Waals surface area contributed by atoms with Crippen molar-refractivity contribution in [1.82, 2.24) is 4.72 Å². The van der Waals surface area contributed by atoms with Gasteiger partial charge in [0.05, 0.1) is 11.5 Å². The van der Waals surface area contributed by atoms with Gasteiger partial charge in [0.2, 0.25) is 10.0 Å². The maximum absolute atomic E-state index is 12.5. The third kappa shape index (κ3) is 3.30. The summed E-state index contributed by atoms with van der Waals surface area (Å²) in [6.07, 6.45) is 4.39. The molecule has 0 saturated heterocycles. The van der Waals surface area contributed by atoms with Crippen molar-refractivity contribution >= 4 is 10.0 Å². The first kappa shape index (κ1) is 16.5. The Balaban J connectivity index is 2.23. The second-order valence-electron chi connectivity index (χ2n) is 6.23. The second kappa shape index (κ2) is 6.07. The average Bonchev–Trinajstić information content (AvgIpc) is 2.37. The van der Waals surface area contributed by atoms with Gasteiger partial charge >= 0.3 is 0 Å². The number of aliphatic hydroxyl groups excluding tert-OH is 1. The van der Waals surface area contributed by atoms with Gasteiger partial charge in [-0.1, -0.05) is 19.4 Å². The summed E-state index contributed by atoms with van der Waals surface area (Å²) in [5.74, 6) is 0. The van der Waals surface area contributed by atoms with Gasteiger partial charge in [-0.25, -0.2) is 13.1 Å². The lowest BCUT2D eigenvalue weighted by Crippen LogP contribution is -2.41. The molecule has 0 radical (unpaired) electrons. The molecule has 118 valence electrons. The van der Waals surface area contributed by atoms with Crippen LogP contribution in [0.1, 0.15) is 49.3 Å². The first-order chi connectivity index (χ1) is 9.83. The monoisotopic (exact) mass is 311 g/mol. The van der Waals surface area contributed by atoms with E-state index >= 15 is 0 Å². The average molecular weight is 311 g/mol. The van der Waals surface area contributed by atoms with Gasteiger partial charge in [-0.05, 0) is 61.3 Å². The Morgan fingerprint density at radius 2 is 1.90 bits per heavy atom. The largest absolute Gasteiger partial charge is 0.392 e. The zero-order chi connectivity index (χ0) is 15.7. The normalized spacial score (nSPS) is 17.5. The molecule has 2 N–H and O–H groups in total. The molecule has 0 unspecified atom stereocenters. The molecule has 21 heavy (non-hydrogen) atoms. The molecule has 0 bridgehead atoms. The van der Waals surface area contributed by atoms with E-state index in [9.17, 15) is 13.5 Å². The molecular weight excluding hydrogens is 286 g/mol. The number of sulfonamides is 1. The molecule has 2 rings (SSSR count). The molecule has 0 amide bonds. The van der Waals surface area contributed by atoms with Crippen molar-refractivity contribution in [1.29, 1.82) is 0 Å². The smallest absolute Gasteiger partial charge is 0.240 e. The predicted octanol–water partition coefficient (Wildman–Crippen LogP) is 2.65. The summed E-state index contributed by atoms with van der Waals surface area (Å²) >= 11 is 0. The maximum atomic E-state index is 12.5. The molecule has 5 heteroatoms. The number of nitrogens with one attached hydrogen (secondary N) is 1. The van der Waals surface area contributed by atoms with Crippen LogP contribution in [0.15, 0.2) is 17.0 Å². The molecule has 0 aromatic heterocycles. The Hall–Kier alpha value is -0.910. The zero-order valence-corrected chi connectivity index (χ0v) is 13.9.